The first-order chi connectivity index (χ1) is 8.29. The summed E-state index contributed by atoms with van der Waals surface area (Å²) in [4.78, 5) is 11.1. The lowest BCUT2D eigenvalue weighted by atomic mass is 10.4. The van der Waals surface area contributed by atoms with Gasteiger partial charge in [0.1, 0.15) is 5.82 Å². The molecular formula is C11H15N3O2S. The number of rotatable bonds is 5. The highest BCUT2D eigenvalue weighted by molar-refractivity contribution is 7.99. The van der Waals surface area contributed by atoms with Crippen molar-refractivity contribution < 1.29 is 9.53 Å². The summed E-state index contributed by atoms with van der Waals surface area (Å²) < 4.78 is 6.88. The van der Waals surface area contributed by atoms with Crippen LogP contribution in [0.25, 0.3) is 0 Å². The van der Waals surface area contributed by atoms with Gasteiger partial charge < -0.3 is 9.30 Å². The summed E-state index contributed by atoms with van der Waals surface area (Å²) >= 11 is 1.43. The van der Waals surface area contributed by atoms with Crippen LogP contribution in [0.3, 0.4) is 0 Å². The fraction of sp³-hybridized carbons (Fsp3) is 0.727. The van der Waals surface area contributed by atoms with Gasteiger partial charge in [-0.25, -0.2) is 0 Å². The van der Waals surface area contributed by atoms with Crippen LogP contribution >= 0.6 is 11.8 Å². The molecule has 6 heteroatoms. The van der Waals surface area contributed by atoms with Gasteiger partial charge in [0.15, 0.2) is 5.16 Å². The number of thioether (sulfide) groups is 1. The Labute approximate surface area is 104 Å². The van der Waals surface area contributed by atoms with E-state index in [2.05, 4.69) is 19.5 Å². The number of methoxy groups -OCH3 is 1. The lowest BCUT2D eigenvalue weighted by molar-refractivity contribution is -0.137. The molecule has 1 aromatic rings. The Morgan fingerprint density at radius 2 is 2.18 bits per heavy atom. The molecule has 5 nitrogen and oxygen atoms in total. The van der Waals surface area contributed by atoms with Gasteiger partial charge in [-0.1, -0.05) is 11.8 Å². The van der Waals surface area contributed by atoms with Gasteiger partial charge in [-0.3, -0.25) is 4.79 Å². The van der Waals surface area contributed by atoms with E-state index < -0.39 is 0 Å². The molecule has 17 heavy (non-hydrogen) atoms. The first kappa shape index (κ1) is 11.1. The number of ether oxygens (including phenoxy) is 1. The molecular weight excluding hydrogens is 238 g/mol. The molecule has 2 fully saturated rings. The zero-order valence-corrected chi connectivity index (χ0v) is 10.6. The predicted octanol–water partition coefficient (Wildman–Crippen LogP) is 1.76. The maximum atomic E-state index is 11.1. The molecule has 0 unspecified atom stereocenters. The van der Waals surface area contributed by atoms with E-state index in [-0.39, 0.29) is 5.97 Å². The summed E-state index contributed by atoms with van der Waals surface area (Å²) in [5.41, 5.74) is 0. The fourth-order valence-corrected chi connectivity index (χ4v) is 2.71. The average molecular weight is 253 g/mol. The van der Waals surface area contributed by atoms with Crippen LogP contribution in [0.5, 0.6) is 0 Å². The normalized spacial score (nSPS) is 19.4. The average Bonchev–Trinajstić information content (AvgIpc) is 3.24. The van der Waals surface area contributed by atoms with Crippen molar-refractivity contribution in [3.05, 3.63) is 5.82 Å². The first-order valence-corrected chi connectivity index (χ1v) is 6.92. The zero-order valence-electron chi connectivity index (χ0n) is 9.76. The van der Waals surface area contributed by atoms with Gasteiger partial charge in [-0.05, 0) is 25.7 Å². The second kappa shape index (κ2) is 4.33. The number of aromatic nitrogens is 3. The lowest BCUT2D eigenvalue weighted by Crippen LogP contribution is -2.06. The highest BCUT2D eigenvalue weighted by Crippen LogP contribution is 2.45. The smallest absolute Gasteiger partial charge is 0.316 e. The highest BCUT2D eigenvalue weighted by atomic mass is 32.2. The van der Waals surface area contributed by atoms with Crippen LogP contribution in [0.15, 0.2) is 5.16 Å². The van der Waals surface area contributed by atoms with E-state index in [0.29, 0.717) is 17.7 Å². The van der Waals surface area contributed by atoms with Gasteiger partial charge in [0.05, 0.1) is 12.9 Å². The monoisotopic (exact) mass is 253 g/mol. The first-order valence-electron chi connectivity index (χ1n) is 5.94. The van der Waals surface area contributed by atoms with E-state index in [1.165, 1.54) is 44.6 Å². The van der Waals surface area contributed by atoms with Crippen LogP contribution in [0.4, 0.5) is 0 Å². The molecule has 0 N–H and O–H groups in total. The van der Waals surface area contributed by atoms with Crippen LogP contribution in [0.1, 0.15) is 43.5 Å². The third kappa shape index (κ3) is 2.31. The van der Waals surface area contributed by atoms with Gasteiger partial charge >= 0.3 is 5.97 Å². The van der Waals surface area contributed by atoms with Crippen molar-refractivity contribution in [2.75, 3.05) is 12.9 Å². The number of hydrogen-bond acceptors (Lipinski definition) is 5. The Balaban J connectivity index is 1.76. The number of carbonyl (C=O) groups excluding carboxylic acids is 1. The van der Waals surface area contributed by atoms with Gasteiger partial charge in [-0.2, -0.15) is 0 Å². The Hall–Kier alpha value is -1.04. The number of carbonyl (C=O) groups is 1. The maximum Gasteiger partial charge on any atom is 0.316 e. The molecule has 0 saturated heterocycles. The van der Waals surface area contributed by atoms with Crippen LogP contribution in [0, 0.1) is 0 Å². The summed E-state index contributed by atoms with van der Waals surface area (Å²) in [5.74, 6) is 1.83. The second-order valence-corrected chi connectivity index (χ2v) is 5.52. The third-order valence-electron chi connectivity index (χ3n) is 3.09. The summed E-state index contributed by atoms with van der Waals surface area (Å²) in [6, 6.07) is 0.570. The Kier molecular flexibility index (Phi) is 2.82. The van der Waals surface area contributed by atoms with Gasteiger partial charge in [0.2, 0.25) is 0 Å². The quantitative estimate of drug-likeness (QED) is 0.591. The van der Waals surface area contributed by atoms with Gasteiger partial charge in [0, 0.05) is 12.0 Å². The summed E-state index contributed by atoms with van der Waals surface area (Å²) in [6.07, 6.45) is 4.88. The molecule has 92 valence electrons. The SMILES string of the molecule is COC(=O)CSc1nnc(C2CC2)n1C1CC1. The number of hydrogen-bond donors (Lipinski definition) is 0. The van der Waals surface area contributed by atoms with Crippen molar-refractivity contribution in [1.82, 2.24) is 14.8 Å². The van der Waals surface area contributed by atoms with E-state index in [4.69, 9.17) is 0 Å². The molecule has 0 aromatic carbocycles. The summed E-state index contributed by atoms with van der Waals surface area (Å²) in [5, 5.41) is 9.37. The summed E-state index contributed by atoms with van der Waals surface area (Å²) in [7, 11) is 1.41. The molecule has 0 aliphatic heterocycles. The largest absolute Gasteiger partial charge is 0.468 e. The predicted molar refractivity (Wildman–Crippen MR) is 63.0 cm³/mol. The molecule has 2 saturated carbocycles. The second-order valence-electron chi connectivity index (χ2n) is 4.58. The van der Waals surface area contributed by atoms with E-state index in [0.717, 1.165) is 11.0 Å². The number of esters is 1. The van der Waals surface area contributed by atoms with Crippen molar-refractivity contribution in [3.8, 4) is 0 Å². The topological polar surface area (TPSA) is 57.0 Å². The molecule has 3 rings (SSSR count). The van der Waals surface area contributed by atoms with Crippen molar-refractivity contribution in [3.63, 3.8) is 0 Å². The summed E-state index contributed by atoms with van der Waals surface area (Å²) in [6.45, 7) is 0. The molecule has 0 bridgehead atoms. The molecule has 1 aromatic heterocycles. The molecule has 0 atom stereocenters. The Morgan fingerprint density at radius 1 is 1.41 bits per heavy atom. The lowest BCUT2D eigenvalue weighted by Gasteiger charge is -2.07. The van der Waals surface area contributed by atoms with E-state index >= 15 is 0 Å². The van der Waals surface area contributed by atoms with E-state index in [9.17, 15) is 4.79 Å². The third-order valence-corrected chi connectivity index (χ3v) is 4.01. The van der Waals surface area contributed by atoms with Crippen molar-refractivity contribution in [2.45, 2.75) is 42.8 Å². The highest BCUT2D eigenvalue weighted by Gasteiger charge is 2.36. The molecule has 0 radical (unpaired) electrons. The molecule has 2 aliphatic rings. The molecule has 1 heterocycles. The van der Waals surface area contributed by atoms with E-state index in [1.807, 2.05) is 0 Å². The molecule has 0 amide bonds. The van der Waals surface area contributed by atoms with Crippen molar-refractivity contribution >= 4 is 17.7 Å². The minimum atomic E-state index is -0.215. The minimum absolute atomic E-state index is 0.215. The maximum absolute atomic E-state index is 11.1. The van der Waals surface area contributed by atoms with Crippen LogP contribution < -0.4 is 0 Å². The van der Waals surface area contributed by atoms with E-state index in [1.54, 1.807) is 0 Å². The van der Waals surface area contributed by atoms with Crippen LogP contribution in [0.2, 0.25) is 0 Å². The minimum Gasteiger partial charge on any atom is -0.468 e. The number of nitrogens with zero attached hydrogens (tertiary/aromatic N) is 3. The van der Waals surface area contributed by atoms with Crippen LogP contribution in [-0.4, -0.2) is 33.6 Å². The zero-order chi connectivity index (χ0) is 11.8. The van der Waals surface area contributed by atoms with Gasteiger partial charge in [0.25, 0.3) is 0 Å². The molecule has 2 aliphatic carbocycles. The molecule has 0 spiro atoms. The standard InChI is InChI=1S/C11H15N3O2S/c1-16-9(15)6-17-11-13-12-10(7-2-3-7)14(11)8-4-5-8/h7-8H,2-6H2,1H3. The van der Waals surface area contributed by atoms with Gasteiger partial charge in [-0.15, -0.1) is 10.2 Å². The Morgan fingerprint density at radius 3 is 2.76 bits per heavy atom. The van der Waals surface area contributed by atoms with Crippen molar-refractivity contribution in [2.24, 2.45) is 0 Å². The Bertz CT molecular complexity index is 438. The van der Waals surface area contributed by atoms with Crippen molar-refractivity contribution in [1.29, 1.82) is 0 Å². The van der Waals surface area contributed by atoms with Crippen LogP contribution in [-0.2, 0) is 9.53 Å². The fourth-order valence-electron chi connectivity index (χ4n) is 1.87.